The Morgan fingerprint density at radius 2 is 2.36 bits per heavy atom. The number of amides is 1. The molecule has 1 amide bonds. The number of aromatic nitrogens is 1. The minimum atomic E-state index is -0.651. The summed E-state index contributed by atoms with van der Waals surface area (Å²) in [5.41, 5.74) is 0. The zero-order chi connectivity index (χ0) is 17.6. The van der Waals surface area contributed by atoms with E-state index in [9.17, 15) is 9.90 Å². The number of aliphatic hydroxyl groups is 1. The molecular formula is C18H25N3O4. The van der Waals surface area contributed by atoms with Crippen molar-refractivity contribution in [3.05, 3.63) is 36.0 Å². The fraction of sp³-hybridized carbons (Fsp3) is 0.556. The molecule has 1 fully saturated rings. The number of furan rings is 1. The van der Waals surface area contributed by atoms with Crippen LogP contribution in [0.2, 0.25) is 0 Å². The van der Waals surface area contributed by atoms with Gasteiger partial charge in [-0.2, -0.15) is 0 Å². The molecule has 0 unspecified atom stereocenters. The average molecular weight is 347 g/mol. The predicted octanol–water partition coefficient (Wildman–Crippen LogP) is 2.88. The van der Waals surface area contributed by atoms with Crippen LogP contribution in [0, 0.1) is 6.92 Å². The van der Waals surface area contributed by atoms with Gasteiger partial charge in [-0.1, -0.05) is 18.0 Å². The van der Waals surface area contributed by atoms with Crippen LogP contribution in [-0.2, 0) is 4.79 Å². The maximum atomic E-state index is 12.3. The van der Waals surface area contributed by atoms with E-state index in [0.717, 1.165) is 32.2 Å². The molecule has 2 atom stereocenters. The summed E-state index contributed by atoms with van der Waals surface area (Å²) in [6.45, 7) is 2.91. The van der Waals surface area contributed by atoms with E-state index in [1.54, 1.807) is 31.4 Å². The van der Waals surface area contributed by atoms with Crippen molar-refractivity contribution < 1.29 is 18.8 Å². The van der Waals surface area contributed by atoms with Gasteiger partial charge in [0.2, 0.25) is 5.91 Å². The molecule has 0 aromatic carbocycles. The van der Waals surface area contributed by atoms with Gasteiger partial charge in [0, 0.05) is 12.1 Å². The SMILES string of the molecule is Cc1cc(NC(=O)CN2CCCCC[C@H]2C[C@@H](O)c2ccco2)no1. The molecule has 1 aliphatic heterocycles. The number of carbonyl (C=O) groups is 1. The molecule has 0 radical (unpaired) electrons. The van der Waals surface area contributed by atoms with Gasteiger partial charge in [0.1, 0.15) is 17.6 Å². The summed E-state index contributed by atoms with van der Waals surface area (Å²) in [5.74, 6) is 1.55. The van der Waals surface area contributed by atoms with E-state index in [4.69, 9.17) is 8.94 Å². The van der Waals surface area contributed by atoms with E-state index in [1.807, 2.05) is 0 Å². The molecule has 7 heteroatoms. The fourth-order valence-electron chi connectivity index (χ4n) is 3.36. The van der Waals surface area contributed by atoms with Gasteiger partial charge in [0.15, 0.2) is 5.82 Å². The smallest absolute Gasteiger partial charge is 0.239 e. The lowest BCUT2D eigenvalue weighted by Crippen LogP contribution is -2.41. The highest BCUT2D eigenvalue weighted by Crippen LogP contribution is 2.26. The van der Waals surface area contributed by atoms with Crippen molar-refractivity contribution in [2.24, 2.45) is 0 Å². The van der Waals surface area contributed by atoms with Gasteiger partial charge in [-0.15, -0.1) is 0 Å². The summed E-state index contributed by atoms with van der Waals surface area (Å²) in [5, 5.41) is 17.0. The summed E-state index contributed by atoms with van der Waals surface area (Å²) in [6.07, 6.45) is 5.75. The number of hydrogen-bond acceptors (Lipinski definition) is 6. The third-order valence-corrected chi connectivity index (χ3v) is 4.61. The second-order valence-corrected chi connectivity index (χ2v) is 6.61. The number of carbonyl (C=O) groups excluding carboxylic acids is 1. The molecule has 1 saturated heterocycles. The molecule has 0 aliphatic carbocycles. The van der Waals surface area contributed by atoms with Gasteiger partial charge in [-0.3, -0.25) is 9.69 Å². The minimum Gasteiger partial charge on any atom is -0.467 e. The molecule has 136 valence electrons. The number of aryl methyl sites for hydroxylation is 1. The van der Waals surface area contributed by atoms with Crippen LogP contribution in [0.25, 0.3) is 0 Å². The summed E-state index contributed by atoms with van der Waals surface area (Å²) < 4.78 is 10.3. The Labute approximate surface area is 147 Å². The maximum absolute atomic E-state index is 12.3. The Hall–Kier alpha value is -2.12. The lowest BCUT2D eigenvalue weighted by molar-refractivity contribution is -0.118. The van der Waals surface area contributed by atoms with Crippen molar-refractivity contribution in [1.29, 1.82) is 0 Å². The Bertz CT molecular complexity index is 668. The van der Waals surface area contributed by atoms with Crippen molar-refractivity contribution in [3.63, 3.8) is 0 Å². The summed E-state index contributed by atoms with van der Waals surface area (Å²) >= 11 is 0. The van der Waals surface area contributed by atoms with E-state index >= 15 is 0 Å². The molecule has 25 heavy (non-hydrogen) atoms. The maximum Gasteiger partial charge on any atom is 0.239 e. The van der Waals surface area contributed by atoms with Crippen molar-refractivity contribution >= 4 is 11.7 Å². The van der Waals surface area contributed by atoms with Crippen LogP contribution in [0.5, 0.6) is 0 Å². The Kier molecular flexibility index (Phi) is 5.88. The van der Waals surface area contributed by atoms with E-state index in [0.29, 0.717) is 23.8 Å². The highest BCUT2D eigenvalue weighted by molar-refractivity contribution is 5.91. The highest BCUT2D eigenvalue weighted by atomic mass is 16.5. The first-order chi connectivity index (χ1) is 12.1. The molecule has 0 bridgehead atoms. The zero-order valence-corrected chi connectivity index (χ0v) is 14.5. The lowest BCUT2D eigenvalue weighted by atomic mass is 10.0. The molecule has 0 spiro atoms. The topological polar surface area (TPSA) is 91.7 Å². The molecule has 0 saturated carbocycles. The van der Waals surface area contributed by atoms with Crippen LogP contribution in [0.3, 0.4) is 0 Å². The fourth-order valence-corrected chi connectivity index (χ4v) is 3.36. The molecule has 3 heterocycles. The first-order valence-corrected chi connectivity index (χ1v) is 8.80. The monoisotopic (exact) mass is 347 g/mol. The molecule has 2 N–H and O–H groups in total. The van der Waals surface area contributed by atoms with Crippen LogP contribution in [-0.4, -0.2) is 40.2 Å². The molecular weight excluding hydrogens is 322 g/mol. The van der Waals surface area contributed by atoms with Crippen LogP contribution in [0.1, 0.15) is 49.7 Å². The van der Waals surface area contributed by atoms with Gasteiger partial charge in [0.05, 0.1) is 12.8 Å². The number of anilines is 1. The standard InChI is InChI=1S/C18H25N3O4/c1-13-10-17(20-25-13)19-18(23)12-21-8-4-2-3-6-14(21)11-15(22)16-7-5-9-24-16/h5,7,9-10,14-15,22H,2-4,6,8,11-12H2,1H3,(H,19,20,23)/t14-,15+/m0/s1. The van der Waals surface area contributed by atoms with Gasteiger partial charge >= 0.3 is 0 Å². The summed E-state index contributed by atoms with van der Waals surface area (Å²) in [7, 11) is 0. The van der Waals surface area contributed by atoms with E-state index in [1.165, 1.54) is 0 Å². The third kappa shape index (κ3) is 4.93. The highest BCUT2D eigenvalue weighted by Gasteiger charge is 2.26. The van der Waals surface area contributed by atoms with Crippen molar-refractivity contribution in [2.75, 3.05) is 18.4 Å². The number of rotatable bonds is 6. The largest absolute Gasteiger partial charge is 0.467 e. The van der Waals surface area contributed by atoms with E-state index < -0.39 is 6.10 Å². The Balaban J connectivity index is 1.60. The van der Waals surface area contributed by atoms with Gasteiger partial charge < -0.3 is 19.4 Å². The second kappa shape index (κ2) is 8.31. The zero-order valence-electron chi connectivity index (χ0n) is 14.5. The predicted molar refractivity (Wildman–Crippen MR) is 92.0 cm³/mol. The number of nitrogens with one attached hydrogen (secondary N) is 1. The summed E-state index contributed by atoms with van der Waals surface area (Å²) in [4.78, 5) is 14.5. The van der Waals surface area contributed by atoms with Crippen molar-refractivity contribution in [2.45, 2.75) is 51.2 Å². The normalized spacial score (nSPS) is 20.2. The molecule has 2 aromatic rings. The quantitative estimate of drug-likeness (QED) is 0.835. The van der Waals surface area contributed by atoms with Crippen LogP contribution in [0.15, 0.2) is 33.4 Å². The number of hydrogen-bond donors (Lipinski definition) is 2. The second-order valence-electron chi connectivity index (χ2n) is 6.61. The molecule has 3 rings (SSSR count). The molecule has 7 nitrogen and oxygen atoms in total. The summed E-state index contributed by atoms with van der Waals surface area (Å²) in [6, 6.07) is 5.40. The number of likely N-dealkylation sites (tertiary alicyclic amines) is 1. The molecule has 1 aliphatic rings. The van der Waals surface area contributed by atoms with Crippen LogP contribution in [0.4, 0.5) is 5.82 Å². The van der Waals surface area contributed by atoms with E-state index in [-0.39, 0.29) is 18.5 Å². The van der Waals surface area contributed by atoms with Crippen molar-refractivity contribution in [3.8, 4) is 0 Å². The van der Waals surface area contributed by atoms with Gasteiger partial charge in [0.25, 0.3) is 0 Å². The van der Waals surface area contributed by atoms with Crippen molar-refractivity contribution in [1.82, 2.24) is 10.1 Å². The Morgan fingerprint density at radius 1 is 1.48 bits per heavy atom. The van der Waals surface area contributed by atoms with Crippen LogP contribution < -0.4 is 5.32 Å². The average Bonchev–Trinajstić information content (AvgIpc) is 3.19. The van der Waals surface area contributed by atoms with E-state index in [2.05, 4.69) is 15.4 Å². The Morgan fingerprint density at radius 3 is 3.08 bits per heavy atom. The van der Waals surface area contributed by atoms with Gasteiger partial charge in [-0.05, 0) is 44.9 Å². The number of nitrogens with zero attached hydrogens (tertiary/aromatic N) is 2. The van der Waals surface area contributed by atoms with Gasteiger partial charge in [-0.25, -0.2) is 0 Å². The molecule has 2 aromatic heterocycles. The first kappa shape index (κ1) is 17.7. The van der Waals surface area contributed by atoms with Crippen LogP contribution >= 0.6 is 0 Å². The lowest BCUT2D eigenvalue weighted by Gasteiger charge is -2.30. The number of aliphatic hydroxyl groups excluding tert-OH is 1. The first-order valence-electron chi connectivity index (χ1n) is 8.80. The third-order valence-electron chi connectivity index (χ3n) is 4.61. The minimum absolute atomic E-state index is 0.118.